The second-order valence-electron chi connectivity index (χ2n) is 7.67. The zero-order chi connectivity index (χ0) is 21.6. The molecule has 1 saturated heterocycles. The van der Waals surface area contributed by atoms with E-state index in [1.54, 1.807) is 0 Å². The Balaban J connectivity index is 1.65. The van der Waals surface area contributed by atoms with Crippen molar-refractivity contribution in [1.29, 1.82) is 0 Å². The molecule has 0 spiro atoms. The van der Waals surface area contributed by atoms with Gasteiger partial charge in [-0.2, -0.15) is 0 Å². The molecule has 2 aromatic rings. The highest BCUT2D eigenvalue weighted by Crippen LogP contribution is 2.29. The molecule has 8 nitrogen and oxygen atoms in total. The van der Waals surface area contributed by atoms with Gasteiger partial charge in [-0.1, -0.05) is 18.2 Å². The first-order chi connectivity index (χ1) is 15.1. The number of carbonyl (C=O) groups is 1. The van der Waals surface area contributed by atoms with Crippen molar-refractivity contribution in [2.24, 2.45) is 4.99 Å². The SMILES string of the molecule is CCNC(=O)Nc1ccc(-c2cc(C3C=CN=CC3)nc(N3CCOCC3C)n2)cc1. The third-order valence-electron chi connectivity index (χ3n) is 5.38. The molecule has 31 heavy (non-hydrogen) atoms. The van der Waals surface area contributed by atoms with Crippen molar-refractivity contribution < 1.29 is 9.53 Å². The Hall–Kier alpha value is -3.26. The number of nitrogens with one attached hydrogen (secondary N) is 2. The van der Waals surface area contributed by atoms with Crippen molar-refractivity contribution in [2.45, 2.75) is 32.2 Å². The van der Waals surface area contributed by atoms with E-state index in [0.29, 0.717) is 19.8 Å². The Bertz CT molecular complexity index is 973. The van der Waals surface area contributed by atoms with Crippen molar-refractivity contribution in [1.82, 2.24) is 15.3 Å². The molecule has 0 aliphatic carbocycles. The molecule has 2 N–H and O–H groups in total. The Morgan fingerprint density at radius 2 is 2.10 bits per heavy atom. The monoisotopic (exact) mass is 420 g/mol. The van der Waals surface area contributed by atoms with Crippen LogP contribution in [-0.2, 0) is 4.74 Å². The van der Waals surface area contributed by atoms with Gasteiger partial charge in [-0.05, 0) is 38.5 Å². The Morgan fingerprint density at radius 3 is 2.81 bits per heavy atom. The maximum atomic E-state index is 11.8. The number of hydrogen-bond acceptors (Lipinski definition) is 6. The molecule has 8 heteroatoms. The number of amides is 2. The van der Waals surface area contributed by atoms with Gasteiger partial charge >= 0.3 is 6.03 Å². The zero-order valence-electron chi connectivity index (χ0n) is 17.9. The minimum absolute atomic E-state index is 0.174. The fourth-order valence-electron chi connectivity index (χ4n) is 3.69. The average molecular weight is 421 g/mol. The summed E-state index contributed by atoms with van der Waals surface area (Å²) in [6.07, 6.45) is 6.65. The lowest BCUT2D eigenvalue weighted by Gasteiger charge is -2.34. The molecule has 1 aromatic carbocycles. The summed E-state index contributed by atoms with van der Waals surface area (Å²) in [5.41, 5.74) is 3.54. The number of aliphatic imine (C=N–C) groups is 1. The number of aromatic nitrogens is 2. The summed E-state index contributed by atoms with van der Waals surface area (Å²) in [7, 11) is 0. The lowest BCUT2D eigenvalue weighted by Crippen LogP contribution is -2.44. The van der Waals surface area contributed by atoms with Crippen LogP contribution in [0.2, 0.25) is 0 Å². The number of morpholine rings is 1. The van der Waals surface area contributed by atoms with E-state index in [0.717, 1.165) is 41.6 Å². The predicted molar refractivity (Wildman–Crippen MR) is 123 cm³/mol. The van der Waals surface area contributed by atoms with E-state index in [1.807, 2.05) is 43.6 Å². The van der Waals surface area contributed by atoms with Gasteiger partial charge in [-0.25, -0.2) is 14.8 Å². The van der Waals surface area contributed by atoms with E-state index in [1.165, 1.54) is 0 Å². The predicted octanol–water partition coefficient (Wildman–Crippen LogP) is 3.58. The molecule has 4 rings (SSSR count). The first-order valence-electron chi connectivity index (χ1n) is 10.7. The van der Waals surface area contributed by atoms with Crippen LogP contribution in [0.1, 0.15) is 31.9 Å². The molecule has 2 aliphatic rings. The fraction of sp³-hybridized carbons (Fsp3) is 0.391. The molecule has 2 amide bonds. The van der Waals surface area contributed by atoms with E-state index in [4.69, 9.17) is 14.7 Å². The number of ether oxygens (including phenoxy) is 1. The summed E-state index contributed by atoms with van der Waals surface area (Å²) >= 11 is 0. The lowest BCUT2D eigenvalue weighted by atomic mass is 9.98. The van der Waals surface area contributed by atoms with Crippen LogP contribution < -0.4 is 15.5 Å². The molecule has 0 saturated carbocycles. The summed E-state index contributed by atoms with van der Waals surface area (Å²) in [4.78, 5) is 28.0. The van der Waals surface area contributed by atoms with E-state index in [-0.39, 0.29) is 18.0 Å². The summed E-state index contributed by atoms with van der Waals surface area (Å²) in [6.45, 7) is 6.69. The summed E-state index contributed by atoms with van der Waals surface area (Å²) in [5, 5.41) is 5.55. The zero-order valence-corrected chi connectivity index (χ0v) is 17.9. The van der Waals surface area contributed by atoms with Gasteiger partial charge in [0.2, 0.25) is 5.95 Å². The lowest BCUT2D eigenvalue weighted by molar-refractivity contribution is 0.0980. The highest BCUT2D eigenvalue weighted by molar-refractivity contribution is 5.89. The van der Waals surface area contributed by atoms with Crippen LogP contribution in [0.15, 0.2) is 47.6 Å². The van der Waals surface area contributed by atoms with E-state index >= 15 is 0 Å². The molecule has 3 heterocycles. The molecular formula is C23H28N6O2. The highest BCUT2D eigenvalue weighted by Gasteiger charge is 2.24. The van der Waals surface area contributed by atoms with E-state index < -0.39 is 0 Å². The molecule has 2 aliphatic heterocycles. The number of benzene rings is 1. The smallest absolute Gasteiger partial charge is 0.319 e. The molecule has 0 bridgehead atoms. The topological polar surface area (TPSA) is 91.7 Å². The number of hydrogen-bond donors (Lipinski definition) is 2. The second-order valence-corrected chi connectivity index (χ2v) is 7.67. The quantitative estimate of drug-likeness (QED) is 0.771. The molecule has 0 radical (unpaired) electrons. The number of anilines is 2. The summed E-state index contributed by atoms with van der Waals surface area (Å²) in [6, 6.07) is 9.76. The van der Waals surface area contributed by atoms with Crippen LogP contribution in [0, 0.1) is 0 Å². The molecular weight excluding hydrogens is 392 g/mol. The van der Waals surface area contributed by atoms with Gasteiger partial charge < -0.3 is 20.3 Å². The van der Waals surface area contributed by atoms with Gasteiger partial charge in [0.1, 0.15) is 0 Å². The Kier molecular flexibility index (Phi) is 6.57. The Morgan fingerprint density at radius 1 is 1.26 bits per heavy atom. The average Bonchev–Trinajstić information content (AvgIpc) is 2.80. The van der Waals surface area contributed by atoms with Crippen LogP contribution in [-0.4, -0.2) is 54.6 Å². The number of allylic oxidation sites excluding steroid dienone is 1. The van der Waals surface area contributed by atoms with Gasteiger partial charge in [0.15, 0.2) is 0 Å². The van der Waals surface area contributed by atoms with Crippen LogP contribution in [0.25, 0.3) is 11.3 Å². The van der Waals surface area contributed by atoms with Gasteiger partial charge in [0.05, 0.1) is 30.6 Å². The van der Waals surface area contributed by atoms with Gasteiger partial charge in [-0.3, -0.25) is 4.99 Å². The first-order valence-corrected chi connectivity index (χ1v) is 10.7. The first kappa shape index (κ1) is 21.0. The molecule has 2 unspecified atom stereocenters. The van der Waals surface area contributed by atoms with Crippen molar-refractivity contribution >= 4 is 23.9 Å². The van der Waals surface area contributed by atoms with Crippen molar-refractivity contribution in [2.75, 3.05) is 36.5 Å². The number of urea groups is 1. The van der Waals surface area contributed by atoms with Crippen molar-refractivity contribution in [3.63, 3.8) is 0 Å². The molecule has 162 valence electrons. The van der Waals surface area contributed by atoms with Crippen LogP contribution in [0.5, 0.6) is 0 Å². The van der Waals surface area contributed by atoms with Crippen LogP contribution in [0.4, 0.5) is 16.4 Å². The number of carbonyl (C=O) groups excluding carboxylic acids is 1. The maximum Gasteiger partial charge on any atom is 0.319 e. The Labute approximate surface area is 182 Å². The van der Waals surface area contributed by atoms with E-state index in [2.05, 4.69) is 39.6 Å². The van der Waals surface area contributed by atoms with E-state index in [9.17, 15) is 4.79 Å². The largest absolute Gasteiger partial charge is 0.377 e. The second kappa shape index (κ2) is 9.70. The van der Waals surface area contributed by atoms with Crippen LogP contribution >= 0.6 is 0 Å². The minimum Gasteiger partial charge on any atom is -0.377 e. The molecule has 2 atom stereocenters. The van der Waals surface area contributed by atoms with Crippen molar-refractivity contribution in [3.05, 3.63) is 48.3 Å². The van der Waals surface area contributed by atoms with Gasteiger partial charge in [0.25, 0.3) is 0 Å². The normalized spacial score (nSPS) is 20.5. The van der Waals surface area contributed by atoms with Crippen LogP contribution in [0.3, 0.4) is 0 Å². The minimum atomic E-state index is -0.214. The summed E-state index contributed by atoms with van der Waals surface area (Å²) < 4.78 is 5.59. The molecule has 1 aromatic heterocycles. The standard InChI is InChI=1S/C23H28N6O2/c1-3-25-23(30)26-19-6-4-17(5-7-19)20-14-21(18-8-10-24-11-9-18)28-22(27-20)29-12-13-31-15-16(29)2/h4-8,10-11,14,16,18H,3,9,12-13,15H2,1-2H3,(H2,25,26,30). The summed E-state index contributed by atoms with van der Waals surface area (Å²) in [5.74, 6) is 0.900. The fourth-order valence-corrected chi connectivity index (χ4v) is 3.69. The maximum absolute atomic E-state index is 11.8. The molecule has 1 fully saturated rings. The third kappa shape index (κ3) is 5.08. The number of nitrogens with zero attached hydrogens (tertiary/aromatic N) is 4. The number of rotatable bonds is 5. The highest BCUT2D eigenvalue weighted by atomic mass is 16.5. The van der Waals surface area contributed by atoms with Gasteiger partial charge in [-0.15, -0.1) is 0 Å². The third-order valence-corrected chi connectivity index (χ3v) is 5.38. The van der Waals surface area contributed by atoms with Crippen molar-refractivity contribution in [3.8, 4) is 11.3 Å². The van der Waals surface area contributed by atoms with Gasteiger partial charge in [0, 0.05) is 42.7 Å².